The topological polar surface area (TPSA) is 32.3 Å². The van der Waals surface area contributed by atoms with Crippen molar-refractivity contribution < 1.29 is 5.11 Å². The highest BCUT2D eigenvalue weighted by atomic mass is 79.9. The van der Waals surface area contributed by atoms with Crippen LogP contribution < -0.4 is 5.32 Å². The first-order valence-corrected chi connectivity index (χ1v) is 8.08. The van der Waals surface area contributed by atoms with E-state index in [4.69, 9.17) is 0 Å². The SMILES string of the molecule is CCC(NCc1cc(C)c(O)c(C)c1)c1ccc(Br)cc1. The maximum atomic E-state index is 9.83. The molecular weight excluding hydrogens is 326 g/mol. The van der Waals surface area contributed by atoms with Crippen LogP contribution in [0.2, 0.25) is 0 Å². The third-order valence-corrected chi connectivity index (χ3v) is 4.31. The standard InChI is InChI=1S/C18H22BrNO/c1-4-17(15-5-7-16(19)8-6-15)20-11-14-9-12(2)18(21)13(3)10-14/h5-10,17,20-21H,4,11H2,1-3H3. The van der Waals surface area contributed by atoms with Crippen molar-refractivity contribution in [2.45, 2.75) is 39.8 Å². The number of phenols is 1. The van der Waals surface area contributed by atoms with Crippen LogP contribution >= 0.6 is 15.9 Å². The van der Waals surface area contributed by atoms with Crippen molar-refractivity contribution in [1.29, 1.82) is 0 Å². The van der Waals surface area contributed by atoms with E-state index < -0.39 is 0 Å². The molecule has 0 saturated carbocycles. The lowest BCUT2D eigenvalue weighted by molar-refractivity contribution is 0.465. The van der Waals surface area contributed by atoms with Gasteiger partial charge < -0.3 is 10.4 Å². The monoisotopic (exact) mass is 347 g/mol. The number of halogens is 1. The molecule has 2 aromatic carbocycles. The summed E-state index contributed by atoms with van der Waals surface area (Å²) in [6.45, 7) is 6.87. The summed E-state index contributed by atoms with van der Waals surface area (Å²) in [5.74, 6) is 0.402. The molecule has 0 amide bonds. The Morgan fingerprint density at radius 3 is 2.19 bits per heavy atom. The Kier molecular flexibility index (Phi) is 5.43. The van der Waals surface area contributed by atoms with E-state index in [9.17, 15) is 5.11 Å². The van der Waals surface area contributed by atoms with Crippen molar-refractivity contribution in [2.75, 3.05) is 0 Å². The summed E-state index contributed by atoms with van der Waals surface area (Å²) in [5.41, 5.74) is 4.37. The maximum Gasteiger partial charge on any atom is 0.121 e. The van der Waals surface area contributed by atoms with Gasteiger partial charge in [0.05, 0.1) is 0 Å². The predicted octanol–water partition coefficient (Wildman–Crippen LogP) is 5.01. The fourth-order valence-electron chi connectivity index (χ4n) is 2.58. The van der Waals surface area contributed by atoms with Crippen molar-refractivity contribution in [1.82, 2.24) is 5.32 Å². The molecule has 0 aromatic heterocycles. The Balaban J connectivity index is 2.08. The Labute approximate surface area is 135 Å². The molecule has 0 saturated heterocycles. The van der Waals surface area contributed by atoms with Crippen LogP contribution in [0.1, 0.15) is 41.6 Å². The molecular formula is C18H22BrNO. The molecule has 21 heavy (non-hydrogen) atoms. The minimum atomic E-state index is 0.340. The van der Waals surface area contributed by atoms with E-state index >= 15 is 0 Å². The molecule has 0 heterocycles. The second-order valence-corrected chi connectivity index (χ2v) is 6.39. The third kappa shape index (κ3) is 4.08. The van der Waals surface area contributed by atoms with Crippen LogP contribution in [0.25, 0.3) is 0 Å². The predicted molar refractivity (Wildman–Crippen MR) is 91.6 cm³/mol. The van der Waals surface area contributed by atoms with Gasteiger partial charge in [0.2, 0.25) is 0 Å². The number of aromatic hydroxyl groups is 1. The van der Waals surface area contributed by atoms with Gasteiger partial charge in [-0.3, -0.25) is 0 Å². The van der Waals surface area contributed by atoms with E-state index in [1.54, 1.807) is 0 Å². The Morgan fingerprint density at radius 2 is 1.67 bits per heavy atom. The number of aryl methyl sites for hydroxylation is 2. The van der Waals surface area contributed by atoms with Crippen LogP contribution in [0.4, 0.5) is 0 Å². The summed E-state index contributed by atoms with van der Waals surface area (Å²) in [5, 5.41) is 13.4. The number of nitrogens with one attached hydrogen (secondary N) is 1. The highest BCUT2D eigenvalue weighted by Crippen LogP contribution is 2.24. The largest absolute Gasteiger partial charge is 0.507 e. The van der Waals surface area contributed by atoms with Gasteiger partial charge in [-0.2, -0.15) is 0 Å². The normalized spacial score (nSPS) is 12.4. The molecule has 0 fully saturated rings. The summed E-state index contributed by atoms with van der Waals surface area (Å²) >= 11 is 3.47. The van der Waals surface area contributed by atoms with Crippen molar-refractivity contribution >= 4 is 15.9 Å². The van der Waals surface area contributed by atoms with Gasteiger partial charge >= 0.3 is 0 Å². The van der Waals surface area contributed by atoms with E-state index in [0.29, 0.717) is 11.8 Å². The van der Waals surface area contributed by atoms with E-state index in [2.05, 4.69) is 52.4 Å². The zero-order valence-electron chi connectivity index (χ0n) is 12.8. The van der Waals surface area contributed by atoms with Crippen molar-refractivity contribution in [3.8, 4) is 5.75 Å². The van der Waals surface area contributed by atoms with E-state index in [-0.39, 0.29) is 0 Å². The molecule has 112 valence electrons. The molecule has 0 spiro atoms. The minimum Gasteiger partial charge on any atom is -0.507 e. The maximum absolute atomic E-state index is 9.83. The van der Waals surface area contributed by atoms with Gasteiger partial charge in [-0.15, -0.1) is 0 Å². The van der Waals surface area contributed by atoms with Crippen LogP contribution in [0, 0.1) is 13.8 Å². The first-order valence-electron chi connectivity index (χ1n) is 7.29. The smallest absolute Gasteiger partial charge is 0.121 e. The quantitative estimate of drug-likeness (QED) is 0.796. The van der Waals surface area contributed by atoms with Crippen molar-refractivity contribution in [3.05, 3.63) is 63.1 Å². The first-order chi connectivity index (χ1) is 10.0. The van der Waals surface area contributed by atoms with Gasteiger partial charge in [0.1, 0.15) is 5.75 Å². The van der Waals surface area contributed by atoms with E-state index in [0.717, 1.165) is 28.6 Å². The Hall–Kier alpha value is -1.32. The lowest BCUT2D eigenvalue weighted by Gasteiger charge is -2.18. The number of hydrogen-bond donors (Lipinski definition) is 2. The lowest BCUT2D eigenvalue weighted by atomic mass is 10.0. The summed E-state index contributed by atoms with van der Waals surface area (Å²) in [7, 11) is 0. The lowest BCUT2D eigenvalue weighted by Crippen LogP contribution is -2.20. The summed E-state index contributed by atoms with van der Waals surface area (Å²) in [6, 6.07) is 12.9. The fraction of sp³-hybridized carbons (Fsp3) is 0.333. The van der Waals surface area contributed by atoms with E-state index in [1.165, 1.54) is 11.1 Å². The zero-order valence-corrected chi connectivity index (χ0v) is 14.4. The number of hydrogen-bond acceptors (Lipinski definition) is 2. The minimum absolute atomic E-state index is 0.340. The highest BCUT2D eigenvalue weighted by molar-refractivity contribution is 9.10. The van der Waals surface area contributed by atoms with Crippen LogP contribution in [0.5, 0.6) is 5.75 Å². The Morgan fingerprint density at radius 1 is 1.10 bits per heavy atom. The summed E-state index contributed by atoms with van der Waals surface area (Å²) in [4.78, 5) is 0. The van der Waals surface area contributed by atoms with Gasteiger partial charge in [0, 0.05) is 17.1 Å². The summed E-state index contributed by atoms with van der Waals surface area (Å²) < 4.78 is 1.10. The number of benzene rings is 2. The van der Waals surface area contributed by atoms with E-state index in [1.807, 2.05) is 26.0 Å². The average Bonchev–Trinajstić information content (AvgIpc) is 2.47. The molecule has 2 aromatic rings. The Bertz CT molecular complexity index is 584. The highest BCUT2D eigenvalue weighted by Gasteiger charge is 2.09. The second kappa shape index (κ2) is 7.10. The molecule has 1 unspecified atom stereocenters. The van der Waals surface area contributed by atoms with Crippen LogP contribution in [0.3, 0.4) is 0 Å². The summed E-state index contributed by atoms with van der Waals surface area (Å²) in [6.07, 6.45) is 1.04. The zero-order chi connectivity index (χ0) is 15.4. The van der Waals surface area contributed by atoms with Gasteiger partial charge in [-0.05, 0) is 54.7 Å². The molecule has 2 N–H and O–H groups in total. The molecule has 2 rings (SSSR count). The molecule has 2 nitrogen and oxygen atoms in total. The molecule has 3 heteroatoms. The van der Waals surface area contributed by atoms with Crippen molar-refractivity contribution in [3.63, 3.8) is 0 Å². The van der Waals surface area contributed by atoms with Crippen LogP contribution in [0.15, 0.2) is 40.9 Å². The van der Waals surface area contributed by atoms with Gasteiger partial charge in [-0.25, -0.2) is 0 Å². The average molecular weight is 348 g/mol. The molecule has 0 aliphatic heterocycles. The fourth-order valence-corrected chi connectivity index (χ4v) is 2.85. The van der Waals surface area contributed by atoms with Crippen molar-refractivity contribution in [2.24, 2.45) is 0 Å². The van der Waals surface area contributed by atoms with Gasteiger partial charge in [0.15, 0.2) is 0 Å². The van der Waals surface area contributed by atoms with Gasteiger partial charge in [0.25, 0.3) is 0 Å². The molecule has 0 bridgehead atoms. The number of phenolic OH excluding ortho intramolecular Hbond substituents is 1. The van der Waals surface area contributed by atoms with Gasteiger partial charge in [-0.1, -0.05) is 47.1 Å². The molecule has 1 atom stereocenters. The molecule has 0 radical (unpaired) electrons. The van der Waals surface area contributed by atoms with Crippen LogP contribution in [-0.2, 0) is 6.54 Å². The first kappa shape index (κ1) is 16.1. The van der Waals surface area contributed by atoms with Crippen LogP contribution in [-0.4, -0.2) is 5.11 Å². The molecule has 0 aliphatic carbocycles. The number of rotatable bonds is 5. The molecule has 0 aliphatic rings. The second-order valence-electron chi connectivity index (χ2n) is 5.47. The third-order valence-electron chi connectivity index (χ3n) is 3.78.